The monoisotopic (exact) mass is 318 g/mol. The summed E-state index contributed by atoms with van der Waals surface area (Å²) in [5.74, 6) is 0. The van der Waals surface area contributed by atoms with E-state index in [4.69, 9.17) is 0 Å². The normalized spacial score (nSPS) is 13.4. The second-order valence-electron chi connectivity index (χ2n) is 7.15. The molecule has 0 saturated heterocycles. The molecule has 0 bridgehead atoms. The molecule has 1 atom stereocenters. The van der Waals surface area contributed by atoms with Gasteiger partial charge in [0.2, 0.25) is 0 Å². The first kappa shape index (κ1) is 21.0. The highest BCUT2D eigenvalue weighted by Gasteiger charge is 2.16. The molecular formula is C17H37NO2P+. The van der Waals surface area contributed by atoms with Crippen molar-refractivity contribution in [3.63, 3.8) is 0 Å². The van der Waals surface area contributed by atoms with Crippen LogP contribution in [-0.2, 0) is 0 Å². The number of unbranched alkanes of at least 4 members (excludes halogenated alkanes) is 9. The van der Waals surface area contributed by atoms with Crippen LogP contribution in [0.5, 0.6) is 0 Å². The lowest BCUT2D eigenvalue weighted by Crippen LogP contribution is -2.39. The van der Waals surface area contributed by atoms with Crippen molar-refractivity contribution in [2.24, 2.45) is 0 Å². The van der Waals surface area contributed by atoms with E-state index >= 15 is 0 Å². The van der Waals surface area contributed by atoms with Crippen LogP contribution in [0, 0.1) is 0 Å². The fraction of sp³-hybridized carbons (Fsp3) is 0.941. The second-order valence-corrected chi connectivity index (χ2v) is 8.87. The molecule has 0 rings (SSSR count). The molecule has 126 valence electrons. The minimum Gasteiger partial charge on any atom is -0.629 e. The molecule has 0 aliphatic heterocycles. The van der Waals surface area contributed by atoms with Crippen LogP contribution in [0.1, 0.15) is 71.1 Å². The van der Waals surface area contributed by atoms with Gasteiger partial charge in [-0.3, -0.25) is 0 Å². The molecular weight excluding hydrogens is 281 g/mol. The molecule has 0 radical (unpaired) electrons. The van der Waals surface area contributed by atoms with Crippen molar-refractivity contribution in [3.05, 3.63) is 0 Å². The quantitative estimate of drug-likeness (QED) is 0.318. The first-order valence-electron chi connectivity index (χ1n) is 8.66. The maximum Gasteiger partial charge on any atom is 0.273 e. The van der Waals surface area contributed by atoms with E-state index in [1.54, 1.807) is 0 Å². The Bertz CT molecular complexity index is 285. The highest BCUT2D eigenvalue weighted by atomic mass is 31.1. The average Bonchev–Trinajstić information content (AvgIpc) is 2.38. The number of likely N-dealkylation sites (N-methyl/N-ethyl adjacent to an activating group) is 1. The highest BCUT2D eigenvalue weighted by molar-refractivity contribution is 7.51. The molecule has 21 heavy (non-hydrogen) atoms. The Morgan fingerprint density at radius 1 is 0.857 bits per heavy atom. The minimum atomic E-state index is -1.53. The molecule has 0 aliphatic rings. The van der Waals surface area contributed by atoms with E-state index in [0.29, 0.717) is 17.2 Å². The molecule has 0 aliphatic carbocycles. The third kappa shape index (κ3) is 14.7. The first-order valence-corrected chi connectivity index (χ1v) is 10.1. The predicted molar refractivity (Wildman–Crippen MR) is 93.5 cm³/mol. The molecule has 0 aromatic carbocycles. The zero-order chi connectivity index (χ0) is 16.1. The lowest BCUT2D eigenvalue weighted by atomic mass is 10.1. The van der Waals surface area contributed by atoms with E-state index in [1.807, 2.05) is 21.1 Å². The summed E-state index contributed by atoms with van der Waals surface area (Å²) in [6.07, 6.45) is 13.5. The number of quaternary nitrogens is 1. The SMILES string of the molecule is CCCCCCCCCCCC/[P+]([O-])=C(\O)C[N+](C)(C)C. The van der Waals surface area contributed by atoms with Crippen LogP contribution in [0.4, 0.5) is 0 Å². The Morgan fingerprint density at radius 3 is 1.71 bits per heavy atom. The van der Waals surface area contributed by atoms with Crippen LogP contribution in [-0.4, -0.2) is 48.9 Å². The molecule has 1 unspecified atom stereocenters. The number of nitrogens with zero attached hydrogens (tertiary/aromatic N) is 1. The lowest BCUT2D eigenvalue weighted by Gasteiger charge is -2.22. The van der Waals surface area contributed by atoms with Crippen LogP contribution in [0.15, 0.2) is 0 Å². The second kappa shape index (κ2) is 12.6. The van der Waals surface area contributed by atoms with Crippen LogP contribution in [0.3, 0.4) is 0 Å². The number of aliphatic hydroxyl groups is 1. The average molecular weight is 318 g/mol. The maximum absolute atomic E-state index is 11.9. The Balaban J connectivity index is 3.52. The van der Waals surface area contributed by atoms with Crippen LogP contribution in [0.25, 0.3) is 0 Å². The summed E-state index contributed by atoms with van der Waals surface area (Å²) in [5, 5.41) is 9.81. The molecule has 0 amide bonds. The lowest BCUT2D eigenvalue weighted by molar-refractivity contribution is -0.861. The van der Waals surface area contributed by atoms with E-state index in [0.717, 1.165) is 12.8 Å². The van der Waals surface area contributed by atoms with Gasteiger partial charge in [-0.15, -0.1) is 0 Å². The largest absolute Gasteiger partial charge is 0.629 e. The third-order valence-corrected chi connectivity index (χ3v) is 5.06. The van der Waals surface area contributed by atoms with Gasteiger partial charge >= 0.3 is 0 Å². The number of hydrogen-bond acceptors (Lipinski definition) is 1. The summed E-state index contributed by atoms with van der Waals surface area (Å²) < 4.78 is 0.630. The van der Waals surface area contributed by atoms with Crippen molar-refractivity contribution < 1.29 is 14.5 Å². The van der Waals surface area contributed by atoms with E-state index in [-0.39, 0.29) is 5.48 Å². The van der Waals surface area contributed by atoms with Gasteiger partial charge in [0, 0.05) is 0 Å². The van der Waals surface area contributed by atoms with Crippen molar-refractivity contribution in [3.8, 4) is 0 Å². The van der Waals surface area contributed by atoms with Crippen molar-refractivity contribution in [2.45, 2.75) is 71.1 Å². The summed E-state index contributed by atoms with van der Waals surface area (Å²) in [5.41, 5.74) is 0.188. The van der Waals surface area contributed by atoms with Crippen molar-refractivity contribution in [2.75, 3.05) is 33.8 Å². The van der Waals surface area contributed by atoms with Gasteiger partial charge in [0.15, 0.2) is 6.54 Å². The van der Waals surface area contributed by atoms with Crippen LogP contribution >= 0.6 is 7.77 Å². The highest BCUT2D eigenvalue weighted by Crippen LogP contribution is 2.18. The van der Waals surface area contributed by atoms with E-state index < -0.39 is 7.77 Å². The minimum absolute atomic E-state index is 0.188. The Kier molecular flexibility index (Phi) is 12.6. The van der Waals surface area contributed by atoms with Crippen molar-refractivity contribution in [1.29, 1.82) is 0 Å². The Labute approximate surface area is 133 Å². The van der Waals surface area contributed by atoms with Crippen LogP contribution in [0.2, 0.25) is 0 Å². The Morgan fingerprint density at radius 2 is 1.29 bits per heavy atom. The van der Waals surface area contributed by atoms with Gasteiger partial charge in [0.25, 0.3) is 5.48 Å². The van der Waals surface area contributed by atoms with Gasteiger partial charge in [-0.25, -0.2) is 0 Å². The molecule has 1 N–H and O–H groups in total. The summed E-state index contributed by atoms with van der Waals surface area (Å²) >= 11 is 0. The maximum atomic E-state index is 11.9. The van der Waals surface area contributed by atoms with Crippen LogP contribution < -0.4 is 4.89 Å². The van der Waals surface area contributed by atoms with Crippen molar-refractivity contribution >= 4 is 13.3 Å². The molecule has 0 saturated carbocycles. The number of hydrogen-bond donors (Lipinski definition) is 1. The van der Waals surface area contributed by atoms with Gasteiger partial charge in [-0.1, -0.05) is 58.3 Å². The summed E-state index contributed by atoms with van der Waals surface area (Å²) in [6, 6.07) is 0. The summed E-state index contributed by atoms with van der Waals surface area (Å²) in [7, 11) is 4.47. The van der Waals surface area contributed by atoms with Gasteiger partial charge in [0.05, 0.1) is 28.9 Å². The van der Waals surface area contributed by atoms with E-state index in [9.17, 15) is 10.00 Å². The molecule has 0 aromatic heterocycles. The summed E-state index contributed by atoms with van der Waals surface area (Å²) in [4.78, 5) is 11.9. The fourth-order valence-corrected chi connectivity index (χ4v) is 3.73. The van der Waals surface area contributed by atoms with Gasteiger partial charge < -0.3 is 14.5 Å². The molecule has 0 aromatic rings. The fourth-order valence-electron chi connectivity index (χ4n) is 2.38. The van der Waals surface area contributed by atoms with Gasteiger partial charge in [-0.2, -0.15) is 0 Å². The first-order chi connectivity index (χ1) is 9.87. The zero-order valence-electron chi connectivity index (χ0n) is 14.7. The smallest absolute Gasteiger partial charge is 0.273 e. The molecule has 3 nitrogen and oxygen atoms in total. The molecule has 0 spiro atoms. The molecule has 0 heterocycles. The third-order valence-electron chi connectivity index (χ3n) is 3.62. The van der Waals surface area contributed by atoms with E-state index in [2.05, 4.69) is 6.92 Å². The number of aliphatic hydroxyl groups excluding tert-OH is 1. The van der Waals surface area contributed by atoms with Crippen molar-refractivity contribution in [1.82, 2.24) is 0 Å². The van der Waals surface area contributed by atoms with E-state index in [1.165, 1.54) is 51.4 Å². The van der Waals surface area contributed by atoms with Gasteiger partial charge in [0.1, 0.15) is 6.16 Å². The Hall–Kier alpha value is 0.0500. The summed E-state index contributed by atoms with van der Waals surface area (Å²) in [6.45, 7) is 2.74. The molecule has 4 heteroatoms. The number of rotatable bonds is 13. The topological polar surface area (TPSA) is 43.3 Å². The standard InChI is InChI=1S/C17H36NO2P/c1-5-6-7-8-9-10-11-12-13-14-15-21(20)17(19)16-18(2,3)4/h5-16H2,1-4H3/p+1. The molecule has 0 fully saturated rings. The predicted octanol–water partition coefficient (Wildman–Crippen LogP) is 3.87. The zero-order valence-corrected chi connectivity index (χ0v) is 15.6. The van der Waals surface area contributed by atoms with Gasteiger partial charge in [-0.05, 0) is 12.8 Å².